The minimum atomic E-state index is 0.657. The van der Waals surface area contributed by atoms with Crippen LogP contribution in [-0.2, 0) is 0 Å². The molecule has 1 fully saturated rings. The van der Waals surface area contributed by atoms with Gasteiger partial charge in [0.15, 0.2) is 0 Å². The van der Waals surface area contributed by atoms with Crippen LogP contribution in [0.2, 0.25) is 0 Å². The first kappa shape index (κ1) is 13.1. The van der Waals surface area contributed by atoms with Gasteiger partial charge in [0.25, 0.3) is 0 Å². The van der Waals surface area contributed by atoms with E-state index in [1.165, 1.54) is 43.4 Å². The topological polar surface area (TPSA) is 38.5 Å². The molecule has 1 saturated carbocycles. The van der Waals surface area contributed by atoms with Crippen molar-refractivity contribution in [2.45, 2.75) is 38.0 Å². The number of anilines is 2. The maximum atomic E-state index is 6.06. The predicted octanol–water partition coefficient (Wildman–Crippen LogP) is 3.39. The molecule has 0 bridgehead atoms. The van der Waals surface area contributed by atoms with Crippen molar-refractivity contribution < 1.29 is 4.74 Å². The fourth-order valence-corrected chi connectivity index (χ4v) is 2.91. The van der Waals surface area contributed by atoms with Crippen LogP contribution in [0.3, 0.4) is 0 Å². The van der Waals surface area contributed by atoms with E-state index in [4.69, 9.17) is 10.5 Å². The van der Waals surface area contributed by atoms with E-state index in [1.807, 2.05) is 0 Å². The number of methoxy groups -OCH3 is 1. The Morgan fingerprint density at radius 3 is 2.39 bits per heavy atom. The van der Waals surface area contributed by atoms with E-state index in [-0.39, 0.29) is 0 Å². The van der Waals surface area contributed by atoms with Crippen LogP contribution in [0.4, 0.5) is 11.4 Å². The second kappa shape index (κ2) is 5.51. The lowest BCUT2D eigenvalue weighted by Crippen LogP contribution is -2.15. The summed E-state index contributed by atoms with van der Waals surface area (Å²) >= 11 is 0. The molecule has 1 aromatic rings. The third kappa shape index (κ3) is 2.55. The van der Waals surface area contributed by atoms with Crippen molar-refractivity contribution in [1.82, 2.24) is 0 Å². The van der Waals surface area contributed by atoms with Crippen LogP contribution < -0.4 is 15.4 Å². The number of ether oxygens (including phenoxy) is 1. The van der Waals surface area contributed by atoms with Gasteiger partial charge < -0.3 is 15.4 Å². The molecular weight excluding hydrogens is 224 g/mol. The van der Waals surface area contributed by atoms with Crippen molar-refractivity contribution in [3.05, 3.63) is 17.7 Å². The molecule has 0 unspecified atom stereocenters. The summed E-state index contributed by atoms with van der Waals surface area (Å²) in [5.41, 5.74) is 9.45. The van der Waals surface area contributed by atoms with E-state index >= 15 is 0 Å². The summed E-state index contributed by atoms with van der Waals surface area (Å²) in [7, 11) is 5.83. The lowest BCUT2D eigenvalue weighted by Gasteiger charge is -2.28. The fourth-order valence-electron chi connectivity index (χ4n) is 2.91. The van der Waals surface area contributed by atoms with E-state index in [1.54, 1.807) is 7.11 Å². The molecule has 18 heavy (non-hydrogen) atoms. The molecule has 1 aromatic carbocycles. The molecule has 0 saturated heterocycles. The van der Waals surface area contributed by atoms with E-state index in [0.717, 1.165) is 11.4 Å². The Morgan fingerprint density at radius 2 is 1.83 bits per heavy atom. The zero-order chi connectivity index (χ0) is 13.1. The lowest BCUT2D eigenvalue weighted by atomic mass is 9.83. The number of benzene rings is 1. The molecule has 3 nitrogen and oxygen atoms in total. The van der Waals surface area contributed by atoms with E-state index in [2.05, 4.69) is 31.1 Å². The van der Waals surface area contributed by atoms with Crippen molar-refractivity contribution in [2.24, 2.45) is 0 Å². The van der Waals surface area contributed by atoms with Crippen LogP contribution in [0, 0.1) is 0 Å². The lowest BCUT2D eigenvalue weighted by molar-refractivity contribution is 0.415. The van der Waals surface area contributed by atoms with Gasteiger partial charge in [-0.05, 0) is 30.4 Å². The summed E-state index contributed by atoms with van der Waals surface area (Å²) in [6, 6.07) is 4.18. The Kier molecular flexibility index (Phi) is 4.00. The number of nitrogens with two attached hydrogens (primary N) is 1. The van der Waals surface area contributed by atoms with Gasteiger partial charge in [-0.1, -0.05) is 19.3 Å². The summed E-state index contributed by atoms with van der Waals surface area (Å²) in [6.07, 6.45) is 6.62. The highest BCUT2D eigenvalue weighted by Gasteiger charge is 2.21. The first-order valence-corrected chi connectivity index (χ1v) is 6.78. The van der Waals surface area contributed by atoms with Gasteiger partial charge in [-0.15, -0.1) is 0 Å². The minimum Gasteiger partial charge on any atom is -0.495 e. The zero-order valence-electron chi connectivity index (χ0n) is 11.7. The first-order valence-electron chi connectivity index (χ1n) is 6.78. The second-order valence-electron chi connectivity index (χ2n) is 5.38. The van der Waals surface area contributed by atoms with E-state index in [9.17, 15) is 0 Å². The molecule has 3 heteroatoms. The highest BCUT2D eigenvalue weighted by molar-refractivity contribution is 5.67. The van der Waals surface area contributed by atoms with Crippen molar-refractivity contribution in [2.75, 3.05) is 31.8 Å². The molecule has 1 aliphatic carbocycles. The molecule has 100 valence electrons. The number of hydrogen-bond acceptors (Lipinski definition) is 3. The molecule has 0 aliphatic heterocycles. The smallest absolute Gasteiger partial charge is 0.143 e. The molecular formula is C15H24N2O. The summed E-state index contributed by atoms with van der Waals surface area (Å²) in [5, 5.41) is 0. The van der Waals surface area contributed by atoms with Crippen LogP contribution in [0.1, 0.15) is 43.6 Å². The normalized spacial score (nSPS) is 16.6. The van der Waals surface area contributed by atoms with Gasteiger partial charge in [0, 0.05) is 25.8 Å². The van der Waals surface area contributed by atoms with Crippen molar-refractivity contribution in [3.8, 4) is 5.75 Å². The zero-order valence-corrected chi connectivity index (χ0v) is 11.7. The molecule has 0 spiro atoms. The molecule has 2 N–H and O–H groups in total. The van der Waals surface area contributed by atoms with Gasteiger partial charge in [0.05, 0.1) is 12.8 Å². The van der Waals surface area contributed by atoms with Crippen LogP contribution in [0.15, 0.2) is 12.1 Å². The third-order valence-electron chi connectivity index (χ3n) is 3.91. The highest BCUT2D eigenvalue weighted by atomic mass is 16.5. The van der Waals surface area contributed by atoms with Gasteiger partial charge in [0.1, 0.15) is 5.75 Å². The Bertz CT molecular complexity index is 409. The SMILES string of the molecule is COc1cc(N(C)C)c(C2CCCCC2)cc1N. The molecule has 0 amide bonds. The van der Waals surface area contributed by atoms with Gasteiger partial charge >= 0.3 is 0 Å². The summed E-state index contributed by atoms with van der Waals surface area (Å²) < 4.78 is 5.33. The largest absolute Gasteiger partial charge is 0.495 e. The second-order valence-corrected chi connectivity index (χ2v) is 5.38. The van der Waals surface area contributed by atoms with Crippen LogP contribution in [0.5, 0.6) is 5.75 Å². The Balaban J connectivity index is 2.40. The van der Waals surface area contributed by atoms with Gasteiger partial charge in [-0.2, -0.15) is 0 Å². The average Bonchev–Trinajstić information content (AvgIpc) is 2.39. The van der Waals surface area contributed by atoms with Gasteiger partial charge in [-0.3, -0.25) is 0 Å². The van der Waals surface area contributed by atoms with Crippen LogP contribution in [0.25, 0.3) is 0 Å². The Labute approximate surface area is 110 Å². The number of nitrogen functional groups attached to an aromatic ring is 1. The Hall–Kier alpha value is -1.38. The van der Waals surface area contributed by atoms with Gasteiger partial charge in [-0.25, -0.2) is 0 Å². The molecule has 1 aliphatic rings. The fraction of sp³-hybridized carbons (Fsp3) is 0.600. The maximum absolute atomic E-state index is 6.06. The first-order chi connectivity index (χ1) is 8.63. The number of rotatable bonds is 3. The molecule has 0 radical (unpaired) electrons. The molecule has 0 atom stereocenters. The summed E-state index contributed by atoms with van der Waals surface area (Å²) in [6.45, 7) is 0. The van der Waals surface area contributed by atoms with Crippen molar-refractivity contribution >= 4 is 11.4 Å². The van der Waals surface area contributed by atoms with E-state index < -0.39 is 0 Å². The Morgan fingerprint density at radius 1 is 1.17 bits per heavy atom. The van der Waals surface area contributed by atoms with Crippen LogP contribution >= 0.6 is 0 Å². The summed E-state index contributed by atoms with van der Waals surface area (Å²) in [5.74, 6) is 1.43. The van der Waals surface area contributed by atoms with Gasteiger partial charge in [0.2, 0.25) is 0 Å². The summed E-state index contributed by atoms with van der Waals surface area (Å²) in [4.78, 5) is 2.16. The predicted molar refractivity (Wildman–Crippen MR) is 77.6 cm³/mol. The maximum Gasteiger partial charge on any atom is 0.143 e. The molecule has 2 rings (SSSR count). The average molecular weight is 248 g/mol. The number of nitrogens with zero attached hydrogens (tertiary/aromatic N) is 1. The van der Waals surface area contributed by atoms with Crippen LogP contribution in [-0.4, -0.2) is 21.2 Å². The standard InChI is InChI=1S/C15H24N2O/c1-17(2)14-10-15(18-3)13(16)9-12(14)11-7-5-4-6-8-11/h9-11H,4-8,16H2,1-3H3. The van der Waals surface area contributed by atoms with Crippen molar-refractivity contribution in [3.63, 3.8) is 0 Å². The molecule has 0 heterocycles. The highest BCUT2D eigenvalue weighted by Crippen LogP contribution is 2.41. The monoisotopic (exact) mass is 248 g/mol. The quantitative estimate of drug-likeness (QED) is 0.833. The molecule has 0 aromatic heterocycles. The third-order valence-corrected chi connectivity index (χ3v) is 3.91. The van der Waals surface area contributed by atoms with Crippen molar-refractivity contribution in [1.29, 1.82) is 0 Å². The van der Waals surface area contributed by atoms with E-state index in [0.29, 0.717) is 5.92 Å². The number of hydrogen-bond donors (Lipinski definition) is 1. The minimum absolute atomic E-state index is 0.657.